The minimum absolute atomic E-state index is 0.0753. The second kappa shape index (κ2) is 6.97. The van der Waals surface area contributed by atoms with Crippen LogP contribution in [0.3, 0.4) is 0 Å². The van der Waals surface area contributed by atoms with E-state index in [0.717, 1.165) is 25.7 Å². The van der Waals surface area contributed by atoms with Crippen LogP contribution in [-0.2, 0) is 10.0 Å². The van der Waals surface area contributed by atoms with Gasteiger partial charge in [-0.25, -0.2) is 13.1 Å². The van der Waals surface area contributed by atoms with E-state index in [2.05, 4.69) is 9.71 Å². The summed E-state index contributed by atoms with van der Waals surface area (Å²) in [6, 6.07) is 3.40. The van der Waals surface area contributed by atoms with Gasteiger partial charge in [0.1, 0.15) is 0 Å². The fourth-order valence-corrected chi connectivity index (χ4v) is 5.17. The number of carbonyl (C=O) groups is 1. The summed E-state index contributed by atoms with van der Waals surface area (Å²) in [5, 5.41) is -0.511. The molecule has 1 unspecified atom stereocenters. The molecule has 0 aromatic carbocycles. The van der Waals surface area contributed by atoms with Crippen LogP contribution in [0.25, 0.3) is 0 Å². The summed E-state index contributed by atoms with van der Waals surface area (Å²) in [5.74, 6) is -0.117. The monoisotopic (exact) mass is 337 g/mol. The van der Waals surface area contributed by atoms with Gasteiger partial charge < -0.3 is 4.90 Å². The van der Waals surface area contributed by atoms with Gasteiger partial charge in [0.15, 0.2) is 0 Å². The molecule has 2 fully saturated rings. The van der Waals surface area contributed by atoms with Crippen molar-refractivity contribution in [2.45, 2.75) is 49.8 Å². The smallest absolute Gasteiger partial charge is 0.254 e. The molecule has 2 aliphatic rings. The number of amides is 1. The molecule has 1 saturated carbocycles. The van der Waals surface area contributed by atoms with Crippen molar-refractivity contribution in [2.75, 3.05) is 13.1 Å². The second-order valence-corrected chi connectivity index (χ2v) is 8.39. The van der Waals surface area contributed by atoms with Crippen molar-refractivity contribution in [2.24, 2.45) is 0 Å². The zero-order valence-corrected chi connectivity index (χ0v) is 14.0. The summed E-state index contributed by atoms with van der Waals surface area (Å²) in [5.41, 5.74) is 0.557. The fraction of sp³-hybridized carbons (Fsp3) is 0.625. The summed E-state index contributed by atoms with van der Waals surface area (Å²) in [6.45, 7) is 0.875. The molecule has 2 heterocycles. The molecule has 1 saturated heterocycles. The number of aromatic nitrogens is 1. The third kappa shape index (κ3) is 3.90. The van der Waals surface area contributed by atoms with Crippen molar-refractivity contribution in [1.29, 1.82) is 0 Å². The highest BCUT2D eigenvalue weighted by Gasteiger charge is 2.34. The van der Waals surface area contributed by atoms with Crippen molar-refractivity contribution < 1.29 is 13.2 Å². The van der Waals surface area contributed by atoms with Gasteiger partial charge in [0.05, 0.1) is 5.25 Å². The number of rotatable bonds is 4. The largest absolute Gasteiger partial charge is 0.337 e. The fourth-order valence-electron chi connectivity index (χ4n) is 3.43. The number of hydrogen-bond acceptors (Lipinski definition) is 4. The zero-order valence-electron chi connectivity index (χ0n) is 13.1. The van der Waals surface area contributed by atoms with Crippen molar-refractivity contribution in [3.63, 3.8) is 0 Å². The highest BCUT2D eigenvalue weighted by atomic mass is 32.2. The molecule has 1 N–H and O–H groups in total. The van der Waals surface area contributed by atoms with E-state index in [0.29, 0.717) is 24.9 Å². The van der Waals surface area contributed by atoms with E-state index in [9.17, 15) is 13.2 Å². The van der Waals surface area contributed by atoms with Gasteiger partial charge in [0, 0.05) is 37.1 Å². The average molecular weight is 337 g/mol. The first-order valence-electron chi connectivity index (χ1n) is 8.27. The molecule has 6 nitrogen and oxygen atoms in total. The van der Waals surface area contributed by atoms with Gasteiger partial charge in [-0.3, -0.25) is 9.78 Å². The molecule has 0 bridgehead atoms. The predicted molar refractivity (Wildman–Crippen MR) is 87.5 cm³/mol. The lowest BCUT2D eigenvalue weighted by molar-refractivity contribution is 0.0726. The van der Waals surface area contributed by atoms with Crippen LogP contribution in [0.1, 0.15) is 48.9 Å². The summed E-state index contributed by atoms with van der Waals surface area (Å²) in [7, 11) is -3.37. The van der Waals surface area contributed by atoms with Crippen LogP contribution < -0.4 is 4.72 Å². The predicted octanol–water partition coefficient (Wildman–Crippen LogP) is 1.55. The van der Waals surface area contributed by atoms with E-state index in [1.165, 1.54) is 0 Å². The van der Waals surface area contributed by atoms with Crippen LogP contribution in [0.2, 0.25) is 0 Å². The Hall–Kier alpha value is -1.47. The lowest BCUT2D eigenvalue weighted by Crippen LogP contribution is -2.49. The third-order valence-electron chi connectivity index (χ3n) is 4.72. The zero-order chi connectivity index (χ0) is 16.3. The Morgan fingerprint density at radius 1 is 1.13 bits per heavy atom. The summed E-state index contributed by atoms with van der Waals surface area (Å²) >= 11 is 0. The molecule has 23 heavy (non-hydrogen) atoms. The molecule has 1 atom stereocenters. The summed E-state index contributed by atoms with van der Waals surface area (Å²) in [6.07, 6.45) is 8.50. The van der Waals surface area contributed by atoms with E-state index >= 15 is 0 Å². The number of nitrogens with zero attached hydrogens (tertiary/aromatic N) is 2. The van der Waals surface area contributed by atoms with Gasteiger partial charge >= 0.3 is 0 Å². The molecule has 1 aromatic heterocycles. The van der Waals surface area contributed by atoms with E-state index in [1.807, 2.05) is 0 Å². The van der Waals surface area contributed by atoms with Crippen LogP contribution >= 0.6 is 0 Å². The standard InChI is InChI=1S/C16H23N3O3S/c20-16(13-7-9-17-10-8-13)19-11-3-6-15(12-19)23(21,22)18-14-4-1-2-5-14/h7-10,14-15,18H,1-6,11-12H2. The van der Waals surface area contributed by atoms with Crippen LogP contribution in [0.5, 0.6) is 0 Å². The Morgan fingerprint density at radius 3 is 2.52 bits per heavy atom. The molecular formula is C16H23N3O3S. The van der Waals surface area contributed by atoms with Gasteiger partial charge in [-0.05, 0) is 37.8 Å². The van der Waals surface area contributed by atoms with Crippen LogP contribution in [-0.4, -0.2) is 48.6 Å². The Bertz CT molecular complexity index is 642. The minimum atomic E-state index is -3.37. The molecule has 1 amide bonds. The van der Waals surface area contributed by atoms with E-state index in [-0.39, 0.29) is 18.5 Å². The normalized spacial score (nSPS) is 23.1. The second-order valence-electron chi connectivity index (χ2n) is 6.40. The third-order valence-corrected chi connectivity index (χ3v) is 6.64. The highest BCUT2D eigenvalue weighted by molar-refractivity contribution is 7.90. The van der Waals surface area contributed by atoms with Crippen molar-refractivity contribution >= 4 is 15.9 Å². The van der Waals surface area contributed by atoms with Gasteiger partial charge in [-0.1, -0.05) is 12.8 Å². The Morgan fingerprint density at radius 2 is 1.83 bits per heavy atom. The van der Waals surface area contributed by atoms with Crippen molar-refractivity contribution in [3.8, 4) is 0 Å². The molecule has 1 aliphatic carbocycles. The Labute approximate surface area is 137 Å². The molecule has 0 radical (unpaired) electrons. The minimum Gasteiger partial charge on any atom is -0.337 e. The maximum atomic E-state index is 12.6. The number of nitrogens with one attached hydrogen (secondary N) is 1. The molecule has 1 aliphatic heterocycles. The van der Waals surface area contributed by atoms with Gasteiger partial charge in [-0.2, -0.15) is 0 Å². The van der Waals surface area contributed by atoms with Crippen LogP contribution in [0.15, 0.2) is 24.5 Å². The van der Waals surface area contributed by atoms with Gasteiger partial charge in [0.25, 0.3) is 5.91 Å². The topological polar surface area (TPSA) is 79.4 Å². The quantitative estimate of drug-likeness (QED) is 0.904. The SMILES string of the molecule is O=C(c1ccncc1)N1CCCC(S(=O)(=O)NC2CCCC2)C1. The molecule has 3 rings (SSSR count). The Kier molecular flexibility index (Phi) is 4.96. The number of sulfonamides is 1. The number of carbonyl (C=O) groups excluding carboxylic acids is 1. The lowest BCUT2D eigenvalue weighted by Gasteiger charge is -2.33. The van der Waals surface area contributed by atoms with Crippen molar-refractivity contribution in [1.82, 2.24) is 14.6 Å². The first kappa shape index (κ1) is 16.4. The number of pyridine rings is 1. The van der Waals surface area contributed by atoms with E-state index in [1.54, 1.807) is 29.4 Å². The maximum Gasteiger partial charge on any atom is 0.254 e. The van der Waals surface area contributed by atoms with Gasteiger partial charge in [0.2, 0.25) is 10.0 Å². The molecule has 1 aromatic rings. The molecule has 7 heteroatoms. The highest BCUT2D eigenvalue weighted by Crippen LogP contribution is 2.22. The van der Waals surface area contributed by atoms with E-state index in [4.69, 9.17) is 0 Å². The number of hydrogen-bond donors (Lipinski definition) is 1. The first-order chi connectivity index (χ1) is 11.1. The van der Waals surface area contributed by atoms with Crippen molar-refractivity contribution in [3.05, 3.63) is 30.1 Å². The Balaban J connectivity index is 1.66. The molecule has 126 valence electrons. The summed E-state index contributed by atoms with van der Waals surface area (Å²) in [4.78, 5) is 18.1. The van der Waals surface area contributed by atoms with E-state index < -0.39 is 15.3 Å². The van der Waals surface area contributed by atoms with Crippen LogP contribution in [0, 0.1) is 0 Å². The maximum absolute atomic E-state index is 12.6. The number of likely N-dealkylation sites (tertiary alicyclic amines) is 1. The van der Waals surface area contributed by atoms with Gasteiger partial charge in [-0.15, -0.1) is 0 Å². The number of piperidine rings is 1. The first-order valence-corrected chi connectivity index (χ1v) is 9.81. The lowest BCUT2D eigenvalue weighted by atomic mass is 10.1. The molecular weight excluding hydrogens is 314 g/mol. The average Bonchev–Trinajstić information content (AvgIpc) is 3.07. The summed E-state index contributed by atoms with van der Waals surface area (Å²) < 4.78 is 28.0. The molecule has 0 spiro atoms. The van der Waals surface area contributed by atoms with Crippen LogP contribution in [0.4, 0.5) is 0 Å².